The van der Waals surface area contributed by atoms with E-state index in [9.17, 15) is 0 Å². The molecule has 0 unspecified atom stereocenters. The van der Waals surface area contributed by atoms with Crippen LogP contribution in [0.3, 0.4) is 0 Å². The number of rotatable bonds is 1. The molecule has 0 fully saturated rings. The van der Waals surface area contributed by atoms with Gasteiger partial charge in [-0.05, 0) is 7.05 Å². The van der Waals surface area contributed by atoms with E-state index < -0.39 is 0 Å². The van der Waals surface area contributed by atoms with Gasteiger partial charge in [0.25, 0.3) is 0 Å². The van der Waals surface area contributed by atoms with Crippen molar-refractivity contribution in [1.29, 1.82) is 0 Å². The summed E-state index contributed by atoms with van der Waals surface area (Å²) in [5.41, 5.74) is 0. The van der Waals surface area contributed by atoms with E-state index in [1.165, 1.54) is 0 Å². The molecule has 0 aliphatic heterocycles. The molecule has 1 nitrogen and oxygen atoms in total. The SMILES string of the molecule is [B][SiH2]NC. The highest BCUT2D eigenvalue weighted by molar-refractivity contribution is 6.87. The van der Waals surface area contributed by atoms with E-state index in [0.717, 1.165) is 0 Å². The normalized spacial score (nSPS) is 10.2. The number of nitrogens with one attached hydrogen (secondary N) is 1. The molecule has 0 amide bonds. The molecule has 0 heterocycles. The fourth-order valence-corrected chi connectivity index (χ4v) is 0. The van der Waals surface area contributed by atoms with Gasteiger partial charge in [-0.15, -0.1) is 0 Å². The van der Waals surface area contributed by atoms with Crippen molar-refractivity contribution >= 4 is 17.0 Å². The summed E-state index contributed by atoms with van der Waals surface area (Å²) in [5, 5.41) is 0. The van der Waals surface area contributed by atoms with E-state index in [0.29, 0.717) is 0 Å². The molecule has 22 valence electrons. The monoisotopic (exact) mass is 71.0 g/mol. The Morgan fingerprint density at radius 3 is 2.25 bits per heavy atom. The third kappa shape index (κ3) is 2.24. The molecule has 0 saturated carbocycles. The Bertz CT molecular complexity index is 10.0. The van der Waals surface area contributed by atoms with Gasteiger partial charge in [0.05, 0.1) is 7.44 Å². The van der Waals surface area contributed by atoms with Crippen molar-refractivity contribution in [3.05, 3.63) is 0 Å². The minimum absolute atomic E-state index is 0.326. The first-order chi connectivity index (χ1) is 1.91. The zero-order valence-corrected chi connectivity index (χ0v) is 4.20. The van der Waals surface area contributed by atoms with Crippen LogP contribution in [-0.4, -0.2) is 24.0 Å². The van der Waals surface area contributed by atoms with Crippen molar-refractivity contribution in [3.63, 3.8) is 0 Å². The second-order valence-electron chi connectivity index (χ2n) is 0.558. The zero-order valence-electron chi connectivity index (χ0n) is 2.78. The summed E-state index contributed by atoms with van der Waals surface area (Å²) in [6.07, 6.45) is 0. The summed E-state index contributed by atoms with van der Waals surface area (Å²) >= 11 is 0. The fourth-order valence-electron chi connectivity index (χ4n) is 0. The molecule has 0 aliphatic rings. The highest BCUT2D eigenvalue weighted by atomic mass is 28.2. The van der Waals surface area contributed by atoms with Crippen LogP contribution in [0.5, 0.6) is 0 Å². The predicted octanol–water partition coefficient (Wildman–Crippen LogP) is -1.63. The van der Waals surface area contributed by atoms with Crippen LogP contribution in [-0.2, 0) is 0 Å². The zero-order chi connectivity index (χ0) is 3.41. The van der Waals surface area contributed by atoms with E-state index in [1.54, 1.807) is 0 Å². The van der Waals surface area contributed by atoms with Gasteiger partial charge in [-0.2, -0.15) is 0 Å². The molecule has 4 heavy (non-hydrogen) atoms. The summed E-state index contributed by atoms with van der Waals surface area (Å²) in [4.78, 5) is 2.85. The van der Waals surface area contributed by atoms with Gasteiger partial charge < -0.3 is 4.98 Å². The molecular formula is CH6BNSi. The van der Waals surface area contributed by atoms with E-state index in [2.05, 4.69) is 4.98 Å². The molecule has 0 aromatic rings. The Balaban J connectivity index is 1.97. The molecule has 0 rings (SSSR count). The third-order valence-corrected chi connectivity index (χ3v) is 0.612. The summed E-state index contributed by atoms with van der Waals surface area (Å²) in [6, 6.07) is 0. The molecule has 1 N–H and O–H groups in total. The standard InChI is InChI=1S/CH6BNSi/c1-3-4-2/h3H,4H2,1H3. The Morgan fingerprint density at radius 1 is 2.00 bits per heavy atom. The Labute approximate surface area is 30.0 Å². The van der Waals surface area contributed by atoms with Crippen LogP contribution in [0.15, 0.2) is 0 Å². The van der Waals surface area contributed by atoms with Gasteiger partial charge in [-0.1, -0.05) is 0 Å². The Hall–Kier alpha value is 0.242. The van der Waals surface area contributed by atoms with Crippen LogP contribution in [0, 0.1) is 0 Å². The maximum Gasteiger partial charge on any atom is 0.0687 e. The minimum atomic E-state index is -0.326. The van der Waals surface area contributed by atoms with E-state index in [-0.39, 0.29) is 9.55 Å². The summed E-state index contributed by atoms with van der Waals surface area (Å²) < 4.78 is 0. The van der Waals surface area contributed by atoms with E-state index >= 15 is 0 Å². The second kappa shape index (κ2) is 3.24. The second-order valence-corrected chi connectivity index (χ2v) is 1.67. The Morgan fingerprint density at radius 2 is 2.25 bits per heavy atom. The topological polar surface area (TPSA) is 12.0 Å². The lowest BCUT2D eigenvalue weighted by Crippen LogP contribution is -2.11. The lowest BCUT2D eigenvalue weighted by atomic mass is 10.8. The largest absolute Gasteiger partial charge is 0.352 e. The highest BCUT2D eigenvalue weighted by Gasteiger charge is 1.53. The molecule has 0 aromatic heterocycles. The fraction of sp³-hybridized carbons (Fsp3) is 1.00. The van der Waals surface area contributed by atoms with Crippen LogP contribution in [0.25, 0.3) is 0 Å². The van der Waals surface area contributed by atoms with Crippen LogP contribution < -0.4 is 4.98 Å². The van der Waals surface area contributed by atoms with E-state index in [1.807, 2.05) is 7.05 Å². The van der Waals surface area contributed by atoms with Crippen LogP contribution in [0.1, 0.15) is 0 Å². The summed E-state index contributed by atoms with van der Waals surface area (Å²) in [7, 11) is 6.60. The minimum Gasteiger partial charge on any atom is -0.352 e. The maximum atomic E-state index is 5.06. The molecule has 0 aliphatic carbocycles. The van der Waals surface area contributed by atoms with E-state index in [4.69, 9.17) is 7.44 Å². The third-order valence-electron chi connectivity index (χ3n) is 0.204. The first-order valence-corrected chi connectivity index (χ1v) is 2.79. The van der Waals surface area contributed by atoms with Crippen molar-refractivity contribution in [1.82, 2.24) is 4.98 Å². The first kappa shape index (κ1) is 4.24. The average molecular weight is 71.0 g/mol. The molecule has 0 atom stereocenters. The van der Waals surface area contributed by atoms with Gasteiger partial charge >= 0.3 is 0 Å². The van der Waals surface area contributed by atoms with Gasteiger partial charge in [0, 0.05) is 9.55 Å². The lowest BCUT2D eigenvalue weighted by Gasteiger charge is -1.74. The van der Waals surface area contributed by atoms with Crippen molar-refractivity contribution in [3.8, 4) is 0 Å². The van der Waals surface area contributed by atoms with Gasteiger partial charge in [-0.25, -0.2) is 0 Å². The quantitative estimate of drug-likeness (QED) is 0.366. The molecule has 3 heteroatoms. The first-order valence-electron chi connectivity index (χ1n) is 1.26. The summed E-state index contributed by atoms with van der Waals surface area (Å²) in [6.45, 7) is 0. The van der Waals surface area contributed by atoms with Gasteiger partial charge in [0.15, 0.2) is 0 Å². The maximum absolute atomic E-state index is 5.06. The van der Waals surface area contributed by atoms with Crippen molar-refractivity contribution in [2.75, 3.05) is 7.05 Å². The van der Waals surface area contributed by atoms with Gasteiger partial charge in [0.1, 0.15) is 0 Å². The van der Waals surface area contributed by atoms with Crippen LogP contribution >= 0.6 is 0 Å². The average Bonchev–Trinajstić information content (AvgIpc) is 1.37. The van der Waals surface area contributed by atoms with Gasteiger partial charge in [0.2, 0.25) is 0 Å². The molecule has 0 bridgehead atoms. The molecule has 0 spiro atoms. The van der Waals surface area contributed by atoms with Crippen molar-refractivity contribution in [2.24, 2.45) is 0 Å². The number of hydrogen-bond acceptors (Lipinski definition) is 1. The highest BCUT2D eigenvalue weighted by Crippen LogP contribution is 1.16. The lowest BCUT2D eigenvalue weighted by molar-refractivity contribution is 1.27. The predicted molar refractivity (Wildman–Crippen MR) is 23.4 cm³/mol. The smallest absolute Gasteiger partial charge is 0.0687 e. The number of hydrogen-bond donors (Lipinski definition) is 1. The van der Waals surface area contributed by atoms with Crippen LogP contribution in [0.4, 0.5) is 0 Å². The van der Waals surface area contributed by atoms with Crippen LogP contribution in [0.2, 0.25) is 0 Å². The van der Waals surface area contributed by atoms with Crippen molar-refractivity contribution in [2.45, 2.75) is 0 Å². The molecule has 2 radical (unpaired) electrons. The van der Waals surface area contributed by atoms with Gasteiger partial charge in [-0.3, -0.25) is 0 Å². The molecule has 0 saturated heterocycles. The van der Waals surface area contributed by atoms with Crippen molar-refractivity contribution < 1.29 is 0 Å². The molecular weight excluding hydrogens is 64.9 g/mol. The Kier molecular flexibility index (Phi) is 3.44. The molecule has 0 aromatic carbocycles. The summed E-state index contributed by atoms with van der Waals surface area (Å²) in [5.74, 6) is 0.